The molecule has 1 N–H and O–H groups in total. The number of likely N-dealkylation sites (tertiary alicyclic amines) is 1. The Hall–Kier alpha value is -1.55. The molecule has 108 valence electrons. The molecular formula is C16H21NO3. The lowest BCUT2D eigenvalue weighted by atomic mass is 9.92. The van der Waals surface area contributed by atoms with E-state index in [1.165, 1.54) is 25.8 Å². The first-order valence-corrected chi connectivity index (χ1v) is 7.44. The molecule has 0 bridgehead atoms. The van der Waals surface area contributed by atoms with Crippen LogP contribution in [0.3, 0.4) is 0 Å². The SMILES string of the molecule is O=C(O)c1ccc(OCCCN2CC3CCCC32)cc1. The predicted octanol–water partition coefficient (Wildman–Crippen LogP) is 2.64. The summed E-state index contributed by atoms with van der Waals surface area (Å²) in [5.41, 5.74) is 0.296. The van der Waals surface area contributed by atoms with Crippen LogP contribution < -0.4 is 4.74 Å². The highest BCUT2D eigenvalue weighted by Gasteiger charge is 2.41. The minimum Gasteiger partial charge on any atom is -0.494 e. The smallest absolute Gasteiger partial charge is 0.335 e. The van der Waals surface area contributed by atoms with Gasteiger partial charge >= 0.3 is 5.97 Å². The Morgan fingerprint density at radius 2 is 2.10 bits per heavy atom. The summed E-state index contributed by atoms with van der Waals surface area (Å²) in [6.07, 6.45) is 5.23. The van der Waals surface area contributed by atoms with Crippen LogP contribution in [0.1, 0.15) is 36.0 Å². The minimum atomic E-state index is -0.902. The van der Waals surface area contributed by atoms with Crippen molar-refractivity contribution in [1.82, 2.24) is 4.90 Å². The van der Waals surface area contributed by atoms with Crippen molar-refractivity contribution in [2.75, 3.05) is 19.7 Å². The third kappa shape index (κ3) is 2.80. The van der Waals surface area contributed by atoms with Gasteiger partial charge in [0.1, 0.15) is 5.75 Å². The van der Waals surface area contributed by atoms with Crippen molar-refractivity contribution in [3.63, 3.8) is 0 Å². The molecule has 0 spiro atoms. The zero-order chi connectivity index (χ0) is 13.9. The number of carboxylic acids is 1. The van der Waals surface area contributed by atoms with E-state index in [2.05, 4.69) is 4.90 Å². The van der Waals surface area contributed by atoms with Crippen LogP contribution in [-0.4, -0.2) is 41.7 Å². The molecule has 1 saturated carbocycles. The number of rotatable bonds is 6. The maximum atomic E-state index is 10.7. The zero-order valence-corrected chi connectivity index (χ0v) is 11.6. The summed E-state index contributed by atoms with van der Waals surface area (Å²) in [4.78, 5) is 13.3. The highest BCUT2D eigenvalue weighted by atomic mass is 16.5. The van der Waals surface area contributed by atoms with E-state index >= 15 is 0 Å². The Labute approximate surface area is 119 Å². The molecule has 2 aliphatic rings. The van der Waals surface area contributed by atoms with Crippen molar-refractivity contribution in [2.45, 2.75) is 31.7 Å². The van der Waals surface area contributed by atoms with Crippen molar-refractivity contribution >= 4 is 5.97 Å². The van der Waals surface area contributed by atoms with E-state index in [-0.39, 0.29) is 0 Å². The Bertz CT molecular complexity index is 471. The second kappa shape index (κ2) is 5.83. The monoisotopic (exact) mass is 275 g/mol. The lowest BCUT2D eigenvalue weighted by molar-refractivity contribution is 0.0341. The van der Waals surface area contributed by atoms with Gasteiger partial charge in [0.05, 0.1) is 12.2 Å². The van der Waals surface area contributed by atoms with Crippen molar-refractivity contribution in [1.29, 1.82) is 0 Å². The maximum absolute atomic E-state index is 10.7. The number of benzene rings is 1. The fourth-order valence-corrected chi connectivity index (χ4v) is 3.42. The standard InChI is InChI=1S/C16H21NO3/c18-16(19)12-5-7-14(8-6-12)20-10-2-9-17-11-13-3-1-4-15(13)17/h5-8,13,15H,1-4,9-11H2,(H,18,19). The van der Waals surface area contributed by atoms with Gasteiger partial charge in [-0.3, -0.25) is 4.90 Å². The molecule has 1 aliphatic heterocycles. The van der Waals surface area contributed by atoms with Gasteiger partial charge < -0.3 is 9.84 Å². The Balaban J connectivity index is 1.36. The van der Waals surface area contributed by atoms with E-state index < -0.39 is 5.97 Å². The molecule has 0 aromatic heterocycles. The largest absolute Gasteiger partial charge is 0.494 e. The normalized spacial score (nSPS) is 25.0. The van der Waals surface area contributed by atoms with Gasteiger partial charge in [-0.1, -0.05) is 6.42 Å². The average Bonchev–Trinajstić information content (AvgIpc) is 2.80. The van der Waals surface area contributed by atoms with Crippen LogP contribution in [-0.2, 0) is 0 Å². The molecule has 4 heteroatoms. The Morgan fingerprint density at radius 1 is 1.30 bits per heavy atom. The highest BCUT2D eigenvalue weighted by molar-refractivity contribution is 5.87. The van der Waals surface area contributed by atoms with E-state index in [4.69, 9.17) is 9.84 Å². The second-order valence-corrected chi connectivity index (χ2v) is 5.78. The zero-order valence-electron chi connectivity index (χ0n) is 11.6. The molecule has 1 heterocycles. The van der Waals surface area contributed by atoms with E-state index in [0.717, 1.165) is 30.7 Å². The molecule has 1 saturated heterocycles. The fourth-order valence-electron chi connectivity index (χ4n) is 3.42. The van der Waals surface area contributed by atoms with Crippen molar-refractivity contribution in [2.24, 2.45) is 5.92 Å². The average molecular weight is 275 g/mol. The third-order valence-corrected chi connectivity index (χ3v) is 4.52. The lowest BCUT2D eigenvalue weighted by Crippen LogP contribution is -2.53. The quantitative estimate of drug-likeness (QED) is 0.811. The van der Waals surface area contributed by atoms with Crippen LogP contribution in [0.5, 0.6) is 5.75 Å². The molecule has 4 nitrogen and oxygen atoms in total. The fraction of sp³-hybridized carbons (Fsp3) is 0.562. The van der Waals surface area contributed by atoms with Gasteiger partial charge in [0.2, 0.25) is 0 Å². The minimum absolute atomic E-state index is 0.296. The maximum Gasteiger partial charge on any atom is 0.335 e. The lowest BCUT2D eigenvalue weighted by Gasteiger charge is -2.44. The number of carbonyl (C=O) groups is 1. The summed E-state index contributed by atoms with van der Waals surface area (Å²) in [7, 11) is 0. The number of aromatic carboxylic acids is 1. The summed E-state index contributed by atoms with van der Waals surface area (Å²) in [6.45, 7) is 3.09. The first-order valence-electron chi connectivity index (χ1n) is 7.44. The molecule has 1 aliphatic carbocycles. The van der Waals surface area contributed by atoms with Crippen LogP contribution in [0.4, 0.5) is 0 Å². The summed E-state index contributed by atoms with van der Waals surface area (Å²) < 4.78 is 5.65. The first-order chi connectivity index (χ1) is 9.74. The predicted molar refractivity (Wildman–Crippen MR) is 76.2 cm³/mol. The summed E-state index contributed by atoms with van der Waals surface area (Å²) in [5.74, 6) is 0.817. The molecule has 1 aromatic rings. The highest BCUT2D eigenvalue weighted by Crippen LogP contribution is 2.38. The topological polar surface area (TPSA) is 49.8 Å². The Morgan fingerprint density at radius 3 is 2.80 bits per heavy atom. The molecule has 0 amide bonds. The van der Waals surface area contributed by atoms with Crippen LogP contribution in [0.25, 0.3) is 0 Å². The molecular weight excluding hydrogens is 254 g/mol. The number of hydrogen-bond acceptors (Lipinski definition) is 3. The summed E-state index contributed by atoms with van der Waals surface area (Å²) in [6, 6.07) is 7.46. The third-order valence-electron chi connectivity index (χ3n) is 4.52. The van der Waals surface area contributed by atoms with Crippen LogP contribution in [0.15, 0.2) is 24.3 Å². The van der Waals surface area contributed by atoms with Gasteiger partial charge in [-0.25, -0.2) is 4.79 Å². The van der Waals surface area contributed by atoms with E-state index in [9.17, 15) is 4.79 Å². The second-order valence-electron chi connectivity index (χ2n) is 5.78. The molecule has 1 aromatic carbocycles. The number of fused-ring (bicyclic) bond motifs is 1. The van der Waals surface area contributed by atoms with Crippen molar-refractivity contribution in [3.8, 4) is 5.75 Å². The first kappa shape index (κ1) is 13.4. The van der Waals surface area contributed by atoms with Crippen LogP contribution >= 0.6 is 0 Å². The van der Waals surface area contributed by atoms with Gasteiger partial charge in [-0.15, -0.1) is 0 Å². The Kier molecular flexibility index (Phi) is 3.92. The summed E-state index contributed by atoms with van der Waals surface area (Å²) >= 11 is 0. The molecule has 3 rings (SSSR count). The van der Waals surface area contributed by atoms with Crippen molar-refractivity contribution in [3.05, 3.63) is 29.8 Å². The van der Waals surface area contributed by atoms with Crippen LogP contribution in [0.2, 0.25) is 0 Å². The summed E-state index contributed by atoms with van der Waals surface area (Å²) in [5, 5.41) is 8.81. The molecule has 2 fully saturated rings. The van der Waals surface area contributed by atoms with Gasteiger partial charge in [0, 0.05) is 19.1 Å². The van der Waals surface area contributed by atoms with Crippen LogP contribution in [0, 0.1) is 5.92 Å². The number of carboxylic acid groups (broad SMARTS) is 1. The molecule has 2 atom stereocenters. The molecule has 2 unspecified atom stereocenters. The van der Waals surface area contributed by atoms with Gasteiger partial charge in [0.25, 0.3) is 0 Å². The van der Waals surface area contributed by atoms with Gasteiger partial charge in [0.15, 0.2) is 0 Å². The molecule has 0 radical (unpaired) electrons. The van der Waals surface area contributed by atoms with E-state index in [1.54, 1.807) is 24.3 Å². The van der Waals surface area contributed by atoms with Crippen molar-refractivity contribution < 1.29 is 14.6 Å². The molecule has 20 heavy (non-hydrogen) atoms. The van der Waals surface area contributed by atoms with Gasteiger partial charge in [-0.05, 0) is 49.4 Å². The number of nitrogens with zero attached hydrogens (tertiary/aromatic N) is 1. The number of hydrogen-bond donors (Lipinski definition) is 1. The van der Waals surface area contributed by atoms with Gasteiger partial charge in [-0.2, -0.15) is 0 Å². The number of ether oxygens (including phenoxy) is 1. The van der Waals surface area contributed by atoms with E-state index in [0.29, 0.717) is 12.2 Å². The van der Waals surface area contributed by atoms with E-state index in [1.807, 2.05) is 0 Å².